The lowest BCUT2D eigenvalue weighted by Crippen LogP contribution is -2.28. The van der Waals surface area contributed by atoms with Gasteiger partial charge in [0, 0.05) is 0 Å². The zero-order valence-corrected chi connectivity index (χ0v) is 9.95. The van der Waals surface area contributed by atoms with Gasteiger partial charge in [-0.15, -0.1) is 11.6 Å². The van der Waals surface area contributed by atoms with Gasteiger partial charge in [-0.3, -0.25) is 14.4 Å². The van der Waals surface area contributed by atoms with Crippen molar-refractivity contribution >= 4 is 34.5 Å². The monoisotopic (exact) mass is 264 g/mol. The van der Waals surface area contributed by atoms with Gasteiger partial charge in [0.1, 0.15) is 0 Å². The summed E-state index contributed by atoms with van der Waals surface area (Å²) >= 11 is 5.36. The van der Waals surface area contributed by atoms with E-state index in [1.165, 1.54) is 6.08 Å². The lowest BCUT2D eigenvalue weighted by Gasteiger charge is -1.98. The number of halogens is 1. The molecule has 0 radical (unpaired) electrons. The van der Waals surface area contributed by atoms with Crippen LogP contribution in [-0.2, 0) is 4.79 Å². The summed E-state index contributed by atoms with van der Waals surface area (Å²) in [6.07, 6.45) is 2.95. The minimum Gasteiger partial charge on any atom is -0.316 e. The van der Waals surface area contributed by atoms with Crippen LogP contribution in [0.1, 0.15) is 5.56 Å². The van der Waals surface area contributed by atoms with E-state index in [0.717, 1.165) is 5.56 Å². The second kappa shape index (κ2) is 5.01. The molecule has 0 bridgehead atoms. The number of allylic oxidation sites excluding steroid dienone is 1. The number of ketones is 1. The first kappa shape index (κ1) is 12.3. The highest BCUT2D eigenvalue weighted by atomic mass is 35.5. The van der Waals surface area contributed by atoms with Crippen molar-refractivity contribution in [1.29, 1.82) is 0 Å². The summed E-state index contributed by atoms with van der Waals surface area (Å²) in [5.74, 6) is -0.277. The number of hydrogen-bond acceptors (Lipinski definition) is 3. The molecule has 5 nitrogen and oxygen atoms in total. The van der Waals surface area contributed by atoms with E-state index in [-0.39, 0.29) is 11.7 Å². The molecule has 18 heavy (non-hydrogen) atoms. The van der Waals surface area contributed by atoms with Crippen LogP contribution in [0, 0.1) is 0 Å². The number of hydrogen-bond donors (Lipinski definition) is 2. The lowest BCUT2D eigenvalue weighted by molar-refractivity contribution is -0.112. The molecule has 92 valence electrons. The third-order valence-corrected chi connectivity index (χ3v) is 2.60. The average Bonchev–Trinajstić information content (AvgIpc) is 2.37. The maximum absolute atomic E-state index is 11.2. The molecule has 0 aliphatic carbocycles. The maximum atomic E-state index is 11.2. The van der Waals surface area contributed by atoms with E-state index in [2.05, 4.69) is 9.97 Å². The highest BCUT2D eigenvalue weighted by Gasteiger charge is 1.99. The molecule has 0 unspecified atom stereocenters. The Kier molecular flexibility index (Phi) is 3.43. The molecular formula is C12H9ClN2O3. The molecule has 6 heteroatoms. The average molecular weight is 265 g/mol. The Morgan fingerprint density at radius 2 is 1.83 bits per heavy atom. The number of fused-ring (bicyclic) bond motifs is 1. The molecule has 0 saturated carbocycles. The van der Waals surface area contributed by atoms with Crippen molar-refractivity contribution in [3.63, 3.8) is 0 Å². The fraction of sp³-hybridized carbons (Fsp3) is 0.0833. The predicted octanol–water partition coefficient (Wildman–Crippen LogP) is 1.04. The van der Waals surface area contributed by atoms with E-state index in [9.17, 15) is 14.4 Å². The number of rotatable bonds is 3. The van der Waals surface area contributed by atoms with Crippen LogP contribution in [0.4, 0.5) is 0 Å². The summed E-state index contributed by atoms with van der Waals surface area (Å²) in [5, 5.41) is 0. The first-order valence-electron chi connectivity index (χ1n) is 5.13. The fourth-order valence-electron chi connectivity index (χ4n) is 1.47. The Labute approximate surface area is 106 Å². The summed E-state index contributed by atoms with van der Waals surface area (Å²) in [5.41, 5.74) is 0.354. The maximum Gasteiger partial charge on any atom is 0.314 e. The van der Waals surface area contributed by atoms with Crippen LogP contribution in [0.5, 0.6) is 0 Å². The van der Waals surface area contributed by atoms with Gasteiger partial charge in [-0.2, -0.15) is 0 Å². The Hall–Kier alpha value is -2.14. The van der Waals surface area contributed by atoms with E-state index in [4.69, 9.17) is 11.6 Å². The van der Waals surface area contributed by atoms with Crippen LogP contribution in [0.3, 0.4) is 0 Å². The number of alkyl halides is 1. The number of carbonyl (C=O) groups excluding carboxylic acids is 1. The van der Waals surface area contributed by atoms with E-state index >= 15 is 0 Å². The first-order chi connectivity index (χ1) is 8.60. The van der Waals surface area contributed by atoms with Crippen LogP contribution in [0.2, 0.25) is 0 Å². The molecule has 1 aromatic carbocycles. The first-order valence-corrected chi connectivity index (χ1v) is 5.67. The zero-order valence-electron chi connectivity index (χ0n) is 9.20. The van der Waals surface area contributed by atoms with Gasteiger partial charge in [-0.25, -0.2) is 0 Å². The van der Waals surface area contributed by atoms with Gasteiger partial charge < -0.3 is 9.97 Å². The van der Waals surface area contributed by atoms with Crippen molar-refractivity contribution in [2.75, 3.05) is 5.88 Å². The fourth-order valence-corrected chi connectivity index (χ4v) is 1.56. The standard InChI is InChI=1S/C12H9ClN2O3/c13-6-8(16)3-1-7-2-4-9-10(5-7)15-12(18)11(17)14-9/h1-5H,6H2,(H,14,17)(H,15,18). The van der Waals surface area contributed by atoms with E-state index in [1.807, 2.05) is 0 Å². The molecule has 2 aromatic rings. The van der Waals surface area contributed by atoms with E-state index in [1.54, 1.807) is 24.3 Å². The smallest absolute Gasteiger partial charge is 0.314 e. The molecule has 0 saturated heterocycles. The van der Waals surface area contributed by atoms with Gasteiger partial charge in [-0.1, -0.05) is 12.1 Å². The predicted molar refractivity (Wildman–Crippen MR) is 70.0 cm³/mol. The van der Waals surface area contributed by atoms with Gasteiger partial charge in [0.25, 0.3) is 0 Å². The Balaban J connectivity index is 2.47. The zero-order chi connectivity index (χ0) is 13.1. The minimum atomic E-state index is -0.708. The molecular weight excluding hydrogens is 256 g/mol. The second-order valence-corrected chi connectivity index (χ2v) is 3.91. The molecule has 1 aromatic heterocycles. The number of nitrogens with one attached hydrogen (secondary N) is 2. The summed E-state index contributed by atoms with van der Waals surface area (Å²) in [4.78, 5) is 38.2. The van der Waals surface area contributed by atoms with E-state index < -0.39 is 11.1 Å². The lowest BCUT2D eigenvalue weighted by atomic mass is 10.1. The Bertz CT molecular complexity index is 743. The SMILES string of the molecule is O=C(C=Cc1ccc2[nH]c(=O)c(=O)[nH]c2c1)CCl. The summed E-state index contributed by atoms with van der Waals surface area (Å²) in [7, 11) is 0. The molecule has 1 heterocycles. The highest BCUT2D eigenvalue weighted by Crippen LogP contribution is 2.10. The number of aromatic amines is 2. The summed E-state index contributed by atoms with van der Waals surface area (Å²) in [6, 6.07) is 5.02. The second-order valence-electron chi connectivity index (χ2n) is 3.65. The molecule has 0 aliphatic rings. The molecule has 2 rings (SSSR count). The van der Waals surface area contributed by atoms with Gasteiger partial charge in [0.15, 0.2) is 5.78 Å². The topological polar surface area (TPSA) is 82.8 Å². The van der Waals surface area contributed by atoms with Crippen molar-refractivity contribution in [1.82, 2.24) is 9.97 Å². The Morgan fingerprint density at radius 3 is 2.50 bits per heavy atom. The quantitative estimate of drug-likeness (QED) is 0.494. The number of benzene rings is 1. The van der Waals surface area contributed by atoms with Crippen molar-refractivity contribution in [3.8, 4) is 0 Å². The van der Waals surface area contributed by atoms with Crippen molar-refractivity contribution in [2.24, 2.45) is 0 Å². The molecule has 0 atom stereocenters. The summed E-state index contributed by atoms with van der Waals surface area (Å²) in [6.45, 7) is 0. The normalized spacial score (nSPS) is 11.2. The molecule has 0 aliphatic heterocycles. The largest absolute Gasteiger partial charge is 0.316 e. The van der Waals surface area contributed by atoms with Crippen LogP contribution in [0.15, 0.2) is 33.9 Å². The number of carbonyl (C=O) groups is 1. The van der Waals surface area contributed by atoms with Gasteiger partial charge >= 0.3 is 11.1 Å². The highest BCUT2D eigenvalue weighted by molar-refractivity contribution is 6.29. The third-order valence-electron chi connectivity index (χ3n) is 2.34. The Morgan fingerprint density at radius 1 is 1.17 bits per heavy atom. The summed E-state index contributed by atoms with van der Waals surface area (Å²) < 4.78 is 0. The molecule has 0 fully saturated rings. The van der Waals surface area contributed by atoms with Crippen molar-refractivity contribution < 1.29 is 4.79 Å². The van der Waals surface area contributed by atoms with Crippen molar-refractivity contribution in [2.45, 2.75) is 0 Å². The molecule has 2 N–H and O–H groups in total. The van der Waals surface area contributed by atoms with Gasteiger partial charge in [0.2, 0.25) is 0 Å². The number of H-pyrrole nitrogens is 2. The van der Waals surface area contributed by atoms with Crippen molar-refractivity contribution in [3.05, 3.63) is 50.5 Å². The van der Waals surface area contributed by atoms with Gasteiger partial charge in [0.05, 0.1) is 16.9 Å². The molecule has 0 amide bonds. The van der Waals surface area contributed by atoms with Crippen LogP contribution in [-0.4, -0.2) is 21.6 Å². The third kappa shape index (κ3) is 2.57. The van der Waals surface area contributed by atoms with Crippen LogP contribution in [0.25, 0.3) is 17.1 Å². The minimum absolute atomic E-state index is 0.0752. The van der Waals surface area contributed by atoms with Crippen LogP contribution < -0.4 is 11.1 Å². The van der Waals surface area contributed by atoms with E-state index in [0.29, 0.717) is 11.0 Å². The number of aromatic nitrogens is 2. The molecule has 0 spiro atoms. The van der Waals surface area contributed by atoms with Crippen LogP contribution >= 0.6 is 11.6 Å². The van der Waals surface area contributed by atoms with Gasteiger partial charge in [-0.05, 0) is 23.8 Å².